The van der Waals surface area contributed by atoms with Crippen molar-refractivity contribution in [1.29, 1.82) is 0 Å². The summed E-state index contributed by atoms with van der Waals surface area (Å²) in [5.74, 6) is 1.13. The molecule has 8 heteroatoms. The Labute approximate surface area is 144 Å². The Kier molecular flexibility index (Phi) is 5.20. The molecule has 0 aliphatic carbocycles. The highest BCUT2D eigenvalue weighted by molar-refractivity contribution is 5.94. The Morgan fingerprint density at radius 3 is 2.56 bits per heavy atom. The molecule has 1 N–H and O–H groups in total. The summed E-state index contributed by atoms with van der Waals surface area (Å²) in [5.41, 5.74) is 1.33. The van der Waals surface area contributed by atoms with Crippen LogP contribution in [0.25, 0.3) is 5.69 Å². The molecule has 0 bridgehead atoms. The second-order valence-electron chi connectivity index (χ2n) is 5.06. The molecule has 3 rings (SSSR count). The maximum absolute atomic E-state index is 12.1. The van der Waals surface area contributed by atoms with Gasteiger partial charge in [0.2, 0.25) is 0 Å². The van der Waals surface area contributed by atoms with Crippen LogP contribution in [0.5, 0.6) is 11.5 Å². The molecule has 0 aliphatic rings. The van der Waals surface area contributed by atoms with Gasteiger partial charge >= 0.3 is 0 Å². The Morgan fingerprint density at radius 1 is 1.12 bits per heavy atom. The Morgan fingerprint density at radius 2 is 1.88 bits per heavy atom. The molecule has 0 spiro atoms. The van der Waals surface area contributed by atoms with E-state index in [9.17, 15) is 4.79 Å². The average molecular weight is 339 g/mol. The number of carbonyl (C=O) groups is 1. The molecule has 0 fully saturated rings. The first-order valence-electron chi connectivity index (χ1n) is 7.65. The normalized spacial score (nSPS) is 10.3. The zero-order valence-electron chi connectivity index (χ0n) is 13.6. The summed E-state index contributed by atoms with van der Waals surface area (Å²) in [7, 11) is 1.59. The number of aromatic nitrogens is 4. The highest BCUT2D eigenvalue weighted by Crippen LogP contribution is 2.25. The van der Waals surface area contributed by atoms with Crippen LogP contribution in [0, 0.1) is 0 Å². The zero-order valence-corrected chi connectivity index (χ0v) is 13.6. The van der Waals surface area contributed by atoms with Gasteiger partial charge in [0.1, 0.15) is 12.9 Å². The topological polar surface area (TPSA) is 91.2 Å². The van der Waals surface area contributed by atoms with Crippen molar-refractivity contribution in [2.45, 2.75) is 0 Å². The van der Waals surface area contributed by atoms with Gasteiger partial charge in [0.25, 0.3) is 5.91 Å². The highest BCUT2D eigenvalue weighted by Gasteiger charge is 2.07. The summed E-state index contributed by atoms with van der Waals surface area (Å²) < 4.78 is 12.3. The smallest absolute Gasteiger partial charge is 0.251 e. The number of hydrogen-bond donors (Lipinski definition) is 1. The lowest BCUT2D eigenvalue weighted by Gasteiger charge is -2.11. The summed E-state index contributed by atoms with van der Waals surface area (Å²) in [6, 6.07) is 14.3. The van der Waals surface area contributed by atoms with Crippen LogP contribution in [0.2, 0.25) is 0 Å². The first kappa shape index (κ1) is 16.4. The molecular weight excluding hydrogens is 322 g/mol. The fraction of sp³-hybridized carbons (Fsp3) is 0.176. The number of nitrogens with zero attached hydrogens (tertiary/aromatic N) is 4. The van der Waals surface area contributed by atoms with Gasteiger partial charge in [-0.1, -0.05) is 12.1 Å². The number of benzene rings is 2. The van der Waals surface area contributed by atoms with Gasteiger partial charge in [-0.15, -0.1) is 5.10 Å². The van der Waals surface area contributed by atoms with Gasteiger partial charge in [0.05, 0.1) is 19.3 Å². The van der Waals surface area contributed by atoms with Crippen molar-refractivity contribution in [2.75, 3.05) is 20.3 Å². The third kappa shape index (κ3) is 4.11. The van der Waals surface area contributed by atoms with Gasteiger partial charge in [0, 0.05) is 5.56 Å². The number of nitrogens with one attached hydrogen (secondary N) is 1. The molecule has 0 saturated heterocycles. The van der Waals surface area contributed by atoms with Gasteiger partial charge in [-0.25, -0.2) is 4.68 Å². The molecule has 0 saturated carbocycles. The lowest BCUT2D eigenvalue weighted by atomic mass is 10.2. The van der Waals surface area contributed by atoms with Crippen LogP contribution in [0.3, 0.4) is 0 Å². The molecule has 3 aromatic rings. The van der Waals surface area contributed by atoms with E-state index in [0.29, 0.717) is 30.2 Å². The minimum atomic E-state index is -0.174. The number of amides is 1. The van der Waals surface area contributed by atoms with Gasteiger partial charge in [-0.05, 0) is 46.8 Å². The quantitative estimate of drug-likeness (QED) is 0.656. The third-order valence-electron chi connectivity index (χ3n) is 3.46. The highest BCUT2D eigenvalue weighted by atomic mass is 16.5. The number of carbonyl (C=O) groups excluding carboxylic acids is 1. The summed E-state index contributed by atoms with van der Waals surface area (Å²) in [5, 5.41) is 13.7. The van der Waals surface area contributed by atoms with E-state index < -0.39 is 0 Å². The fourth-order valence-electron chi connectivity index (χ4n) is 2.21. The third-order valence-corrected chi connectivity index (χ3v) is 3.46. The SMILES string of the molecule is COc1ccccc1OCCNC(=O)c1ccc(-n2cnnn2)cc1. The molecule has 2 aromatic carbocycles. The molecule has 128 valence electrons. The second-order valence-corrected chi connectivity index (χ2v) is 5.06. The van der Waals surface area contributed by atoms with Gasteiger partial charge in [-0.3, -0.25) is 4.79 Å². The van der Waals surface area contributed by atoms with E-state index in [-0.39, 0.29) is 5.91 Å². The number of rotatable bonds is 7. The Bertz CT molecular complexity index is 819. The van der Waals surface area contributed by atoms with Crippen molar-refractivity contribution in [3.05, 3.63) is 60.4 Å². The van der Waals surface area contributed by atoms with E-state index in [0.717, 1.165) is 5.69 Å². The first-order chi connectivity index (χ1) is 12.3. The van der Waals surface area contributed by atoms with Crippen LogP contribution in [-0.4, -0.2) is 46.4 Å². The van der Waals surface area contributed by atoms with Crippen molar-refractivity contribution in [3.63, 3.8) is 0 Å². The summed E-state index contributed by atoms with van der Waals surface area (Å²) in [4.78, 5) is 12.1. The molecule has 1 aromatic heterocycles. The van der Waals surface area contributed by atoms with Crippen molar-refractivity contribution >= 4 is 5.91 Å². The zero-order chi connectivity index (χ0) is 17.5. The van der Waals surface area contributed by atoms with Crippen LogP contribution < -0.4 is 14.8 Å². The molecule has 1 heterocycles. The Hall–Kier alpha value is -3.42. The number of methoxy groups -OCH3 is 1. The molecule has 0 aliphatic heterocycles. The number of tetrazole rings is 1. The summed E-state index contributed by atoms with van der Waals surface area (Å²) in [6.07, 6.45) is 1.49. The first-order valence-corrected chi connectivity index (χ1v) is 7.65. The maximum atomic E-state index is 12.1. The van der Waals surface area contributed by atoms with Crippen molar-refractivity contribution < 1.29 is 14.3 Å². The predicted molar refractivity (Wildman–Crippen MR) is 90.0 cm³/mol. The largest absolute Gasteiger partial charge is 0.493 e. The molecule has 25 heavy (non-hydrogen) atoms. The van der Waals surface area contributed by atoms with E-state index in [1.165, 1.54) is 11.0 Å². The lowest BCUT2D eigenvalue weighted by Crippen LogP contribution is -2.28. The van der Waals surface area contributed by atoms with Crippen LogP contribution in [0.4, 0.5) is 0 Å². The number of ether oxygens (including phenoxy) is 2. The van der Waals surface area contributed by atoms with E-state index in [1.807, 2.05) is 24.3 Å². The van der Waals surface area contributed by atoms with E-state index in [4.69, 9.17) is 9.47 Å². The monoisotopic (exact) mass is 339 g/mol. The molecule has 0 radical (unpaired) electrons. The molecule has 8 nitrogen and oxygen atoms in total. The summed E-state index contributed by atoms with van der Waals surface area (Å²) in [6.45, 7) is 0.723. The minimum Gasteiger partial charge on any atom is -0.493 e. The molecular formula is C17H17N5O3. The van der Waals surface area contributed by atoms with E-state index in [2.05, 4.69) is 20.8 Å². The standard InChI is InChI=1S/C17H17N5O3/c1-24-15-4-2-3-5-16(15)25-11-10-18-17(23)13-6-8-14(9-7-13)22-12-19-20-21-22/h2-9,12H,10-11H2,1H3,(H,18,23). The average Bonchev–Trinajstić information content (AvgIpc) is 3.20. The second kappa shape index (κ2) is 7.91. The van der Waals surface area contributed by atoms with E-state index >= 15 is 0 Å². The van der Waals surface area contributed by atoms with Gasteiger partial charge < -0.3 is 14.8 Å². The van der Waals surface area contributed by atoms with Crippen molar-refractivity contribution in [2.24, 2.45) is 0 Å². The predicted octanol–water partition coefficient (Wildman–Crippen LogP) is 1.48. The molecule has 0 atom stereocenters. The minimum absolute atomic E-state index is 0.174. The van der Waals surface area contributed by atoms with Crippen LogP contribution in [-0.2, 0) is 0 Å². The Balaban J connectivity index is 1.49. The van der Waals surface area contributed by atoms with Gasteiger partial charge in [0.15, 0.2) is 11.5 Å². The molecule has 0 unspecified atom stereocenters. The fourth-order valence-corrected chi connectivity index (χ4v) is 2.21. The summed E-state index contributed by atoms with van der Waals surface area (Å²) >= 11 is 0. The number of hydrogen-bond acceptors (Lipinski definition) is 6. The van der Waals surface area contributed by atoms with Crippen LogP contribution in [0.1, 0.15) is 10.4 Å². The lowest BCUT2D eigenvalue weighted by molar-refractivity contribution is 0.0947. The number of para-hydroxylation sites is 2. The van der Waals surface area contributed by atoms with Crippen LogP contribution >= 0.6 is 0 Å². The maximum Gasteiger partial charge on any atom is 0.251 e. The van der Waals surface area contributed by atoms with E-state index in [1.54, 1.807) is 31.4 Å². The van der Waals surface area contributed by atoms with Crippen molar-refractivity contribution in [1.82, 2.24) is 25.5 Å². The van der Waals surface area contributed by atoms with Crippen molar-refractivity contribution in [3.8, 4) is 17.2 Å². The van der Waals surface area contributed by atoms with Crippen LogP contribution in [0.15, 0.2) is 54.9 Å². The molecule has 1 amide bonds. The van der Waals surface area contributed by atoms with Gasteiger partial charge in [-0.2, -0.15) is 0 Å².